The van der Waals surface area contributed by atoms with Crippen LogP contribution in [0, 0.1) is 11.6 Å². The maximum atomic E-state index is 13.6. The minimum Gasteiger partial charge on any atom is -0.288 e. The van der Waals surface area contributed by atoms with E-state index in [1.807, 2.05) is 0 Å². The molecule has 0 radical (unpaired) electrons. The van der Waals surface area contributed by atoms with Crippen LogP contribution in [0.25, 0.3) is 0 Å². The van der Waals surface area contributed by atoms with Crippen molar-refractivity contribution in [1.82, 2.24) is 14.8 Å². The molecule has 3 aromatic rings. The van der Waals surface area contributed by atoms with Gasteiger partial charge >= 0.3 is 0 Å². The molecule has 0 atom stereocenters. The number of carbonyl (C=O) groups excluding carboxylic acids is 1. The minimum absolute atomic E-state index is 0.0901. The number of amides is 1. The molecular weight excluding hydrogens is 416 g/mol. The summed E-state index contributed by atoms with van der Waals surface area (Å²) >= 11 is 0. The Morgan fingerprint density at radius 1 is 1.00 bits per heavy atom. The van der Waals surface area contributed by atoms with Crippen molar-refractivity contribution in [2.24, 2.45) is 0 Å². The first kappa shape index (κ1) is 21.5. The number of hydroxylamine groups is 1. The number of benzene rings is 2. The van der Waals surface area contributed by atoms with Crippen LogP contribution in [0.1, 0.15) is 21.5 Å². The lowest BCUT2D eigenvalue weighted by Crippen LogP contribution is -2.30. The Kier molecular flexibility index (Phi) is 6.50. The number of nitrogens with zero attached hydrogens (tertiary/aromatic N) is 2. The van der Waals surface area contributed by atoms with Crippen molar-refractivity contribution in [2.45, 2.75) is 18.0 Å². The predicted molar refractivity (Wildman–Crippen MR) is 103 cm³/mol. The first-order valence-corrected chi connectivity index (χ1v) is 10.1. The van der Waals surface area contributed by atoms with Crippen LogP contribution in [0.4, 0.5) is 8.78 Å². The molecule has 1 amide bonds. The summed E-state index contributed by atoms with van der Waals surface area (Å²) in [5.74, 6) is -2.72. The summed E-state index contributed by atoms with van der Waals surface area (Å²) in [6.45, 7) is -0.219. The van der Waals surface area contributed by atoms with Crippen molar-refractivity contribution < 1.29 is 27.2 Å². The number of hydrogen-bond donors (Lipinski definition) is 2. The summed E-state index contributed by atoms with van der Waals surface area (Å²) < 4.78 is 54.6. The molecular formula is C20H17F2N3O4S. The van der Waals surface area contributed by atoms with Crippen LogP contribution in [0.2, 0.25) is 0 Å². The average Bonchev–Trinajstić information content (AvgIpc) is 2.73. The Balaban J connectivity index is 1.96. The van der Waals surface area contributed by atoms with E-state index in [-0.39, 0.29) is 18.7 Å². The van der Waals surface area contributed by atoms with E-state index in [0.717, 1.165) is 16.4 Å². The van der Waals surface area contributed by atoms with Crippen molar-refractivity contribution in [3.05, 3.63) is 95.3 Å². The topological polar surface area (TPSA) is 99.6 Å². The average molecular weight is 433 g/mol. The lowest BCUT2D eigenvalue weighted by molar-refractivity contribution is 0.0706. The molecule has 0 fully saturated rings. The van der Waals surface area contributed by atoms with Gasteiger partial charge in [-0.3, -0.25) is 15.0 Å². The number of rotatable bonds is 7. The van der Waals surface area contributed by atoms with E-state index >= 15 is 0 Å². The summed E-state index contributed by atoms with van der Waals surface area (Å²) in [6.07, 6.45) is 3.03. The zero-order chi connectivity index (χ0) is 21.7. The molecule has 0 aliphatic rings. The molecule has 0 bridgehead atoms. The number of pyridine rings is 1. The van der Waals surface area contributed by atoms with Gasteiger partial charge in [-0.05, 0) is 41.5 Å². The number of nitrogens with one attached hydrogen (secondary N) is 1. The van der Waals surface area contributed by atoms with Crippen LogP contribution in [-0.2, 0) is 23.1 Å². The Hall–Kier alpha value is -3.21. The van der Waals surface area contributed by atoms with Gasteiger partial charge < -0.3 is 0 Å². The molecule has 0 aliphatic carbocycles. The van der Waals surface area contributed by atoms with Crippen molar-refractivity contribution in [3.63, 3.8) is 0 Å². The highest BCUT2D eigenvalue weighted by atomic mass is 32.2. The zero-order valence-corrected chi connectivity index (χ0v) is 16.3. The van der Waals surface area contributed by atoms with Gasteiger partial charge in [-0.1, -0.05) is 18.2 Å². The van der Waals surface area contributed by atoms with E-state index in [4.69, 9.17) is 5.21 Å². The van der Waals surface area contributed by atoms with E-state index in [1.54, 1.807) is 12.1 Å². The molecule has 156 valence electrons. The van der Waals surface area contributed by atoms with Gasteiger partial charge in [0.1, 0.15) is 11.6 Å². The highest BCUT2D eigenvalue weighted by molar-refractivity contribution is 7.89. The smallest absolute Gasteiger partial charge is 0.274 e. The van der Waals surface area contributed by atoms with Crippen molar-refractivity contribution in [1.29, 1.82) is 0 Å². The van der Waals surface area contributed by atoms with Gasteiger partial charge in [-0.15, -0.1) is 0 Å². The molecule has 2 aromatic carbocycles. The highest BCUT2D eigenvalue weighted by Gasteiger charge is 2.26. The molecule has 30 heavy (non-hydrogen) atoms. The maximum Gasteiger partial charge on any atom is 0.274 e. The molecule has 0 saturated heterocycles. The standard InChI is InChI=1S/C20H17F2N3O4S/c21-17-8-18(22)10-19(9-17)30(28,29)25(13-15-2-1-7-23-11-15)12-14-3-5-16(6-4-14)20(26)24-27/h1-11,27H,12-13H2,(H,24,26). The predicted octanol–water partition coefficient (Wildman–Crippen LogP) is 2.87. The number of halogens is 2. The van der Waals surface area contributed by atoms with E-state index in [2.05, 4.69) is 4.98 Å². The summed E-state index contributed by atoms with van der Waals surface area (Å²) in [6, 6.07) is 11.3. The van der Waals surface area contributed by atoms with E-state index < -0.39 is 32.5 Å². The van der Waals surface area contributed by atoms with Crippen LogP contribution in [0.5, 0.6) is 0 Å². The van der Waals surface area contributed by atoms with E-state index in [9.17, 15) is 22.0 Å². The summed E-state index contributed by atoms with van der Waals surface area (Å²) in [7, 11) is -4.27. The first-order valence-electron chi connectivity index (χ1n) is 8.68. The lowest BCUT2D eigenvalue weighted by atomic mass is 10.1. The highest BCUT2D eigenvalue weighted by Crippen LogP contribution is 2.23. The second kappa shape index (κ2) is 9.08. The second-order valence-electron chi connectivity index (χ2n) is 6.38. The van der Waals surface area contributed by atoms with Gasteiger partial charge in [0.25, 0.3) is 5.91 Å². The second-order valence-corrected chi connectivity index (χ2v) is 8.32. The molecule has 0 spiro atoms. The Bertz CT molecular complexity index is 1120. The fraction of sp³-hybridized carbons (Fsp3) is 0.100. The SMILES string of the molecule is O=C(NO)c1ccc(CN(Cc2cccnc2)S(=O)(=O)c2cc(F)cc(F)c2)cc1. The number of carbonyl (C=O) groups is 1. The zero-order valence-electron chi connectivity index (χ0n) is 15.5. The largest absolute Gasteiger partial charge is 0.288 e. The van der Waals surface area contributed by atoms with Gasteiger partial charge in [-0.2, -0.15) is 4.31 Å². The Morgan fingerprint density at radius 3 is 2.20 bits per heavy atom. The summed E-state index contributed by atoms with van der Waals surface area (Å²) in [5.41, 5.74) is 2.78. The van der Waals surface area contributed by atoms with Crippen molar-refractivity contribution >= 4 is 15.9 Å². The van der Waals surface area contributed by atoms with Gasteiger partial charge in [0.05, 0.1) is 4.90 Å². The third-order valence-electron chi connectivity index (χ3n) is 4.23. The maximum absolute atomic E-state index is 13.6. The number of aromatic nitrogens is 1. The first-order chi connectivity index (χ1) is 14.3. The third-order valence-corrected chi connectivity index (χ3v) is 6.00. The molecule has 7 nitrogen and oxygen atoms in total. The molecule has 0 unspecified atom stereocenters. The number of hydrogen-bond acceptors (Lipinski definition) is 5. The number of sulfonamides is 1. The van der Waals surface area contributed by atoms with Gasteiger partial charge in [-0.25, -0.2) is 22.7 Å². The van der Waals surface area contributed by atoms with Crippen LogP contribution in [0.15, 0.2) is 71.9 Å². The van der Waals surface area contributed by atoms with Crippen LogP contribution in [0.3, 0.4) is 0 Å². The minimum atomic E-state index is -4.27. The van der Waals surface area contributed by atoms with E-state index in [0.29, 0.717) is 17.2 Å². The fourth-order valence-corrected chi connectivity index (χ4v) is 4.24. The molecule has 2 N–H and O–H groups in total. The van der Waals surface area contributed by atoms with Gasteiger partial charge in [0.15, 0.2) is 0 Å². The Morgan fingerprint density at radius 2 is 1.63 bits per heavy atom. The molecule has 0 saturated carbocycles. The summed E-state index contributed by atoms with van der Waals surface area (Å²) in [4.78, 5) is 14.9. The lowest BCUT2D eigenvalue weighted by Gasteiger charge is -2.22. The molecule has 1 aromatic heterocycles. The van der Waals surface area contributed by atoms with Crippen LogP contribution >= 0.6 is 0 Å². The normalized spacial score (nSPS) is 11.5. The molecule has 3 rings (SSSR count). The quantitative estimate of drug-likeness (QED) is 0.441. The van der Waals surface area contributed by atoms with Gasteiger partial charge in [0, 0.05) is 37.1 Å². The fourth-order valence-electron chi connectivity index (χ4n) is 2.78. The Labute approximate surface area is 171 Å². The molecule has 0 aliphatic heterocycles. The van der Waals surface area contributed by atoms with E-state index in [1.165, 1.54) is 42.1 Å². The summed E-state index contributed by atoms with van der Waals surface area (Å²) in [5, 5.41) is 8.69. The van der Waals surface area contributed by atoms with Gasteiger partial charge in [0.2, 0.25) is 10.0 Å². The monoisotopic (exact) mass is 433 g/mol. The molecule has 1 heterocycles. The third kappa shape index (κ3) is 5.03. The van der Waals surface area contributed by atoms with Crippen LogP contribution < -0.4 is 5.48 Å². The molecule has 10 heteroatoms. The van der Waals surface area contributed by atoms with Crippen molar-refractivity contribution in [2.75, 3.05) is 0 Å². The van der Waals surface area contributed by atoms with Crippen molar-refractivity contribution in [3.8, 4) is 0 Å². The van der Waals surface area contributed by atoms with Crippen LogP contribution in [-0.4, -0.2) is 28.8 Å².